The normalized spacial score (nSPS) is 11.1. The number of thiophene rings is 1. The third-order valence-electron chi connectivity index (χ3n) is 2.02. The van der Waals surface area contributed by atoms with Gasteiger partial charge < -0.3 is 4.52 Å². The highest BCUT2D eigenvalue weighted by molar-refractivity contribution is 7.08. The smallest absolute Gasteiger partial charge is 0.338 e. The number of nitro groups is 1. The number of hydrogen-bond acceptors (Lipinski definition) is 5. The van der Waals surface area contributed by atoms with Crippen molar-refractivity contribution >= 4 is 29.2 Å². The Balaban J connectivity index is 2.32. The third-order valence-corrected chi connectivity index (χ3v) is 2.72. The molecule has 0 aliphatic carbocycles. The zero-order valence-electron chi connectivity index (χ0n) is 8.41. The van der Waals surface area contributed by atoms with Gasteiger partial charge in [-0.3, -0.25) is 10.1 Å². The minimum Gasteiger partial charge on any atom is -0.354 e. The maximum Gasteiger partial charge on any atom is 0.338 e. The molecule has 2 rings (SSSR count). The summed E-state index contributed by atoms with van der Waals surface area (Å²) < 4.78 is 4.79. The highest BCUT2D eigenvalue weighted by atomic mass is 32.1. The Kier molecular flexibility index (Phi) is 2.82. The van der Waals surface area contributed by atoms with E-state index in [4.69, 9.17) is 4.52 Å². The standard InChI is InChI=1S/C10H8N2O3S/c1-7-10(12(13)14)9(11-15-7)3-2-8-4-5-16-6-8/h2-6H,1H3/b3-2+. The van der Waals surface area contributed by atoms with Crippen molar-refractivity contribution in [3.63, 3.8) is 0 Å². The van der Waals surface area contributed by atoms with Crippen molar-refractivity contribution in [1.29, 1.82) is 0 Å². The zero-order chi connectivity index (χ0) is 11.5. The first-order valence-electron chi connectivity index (χ1n) is 4.49. The van der Waals surface area contributed by atoms with Crippen LogP contribution in [-0.4, -0.2) is 10.1 Å². The van der Waals surface area contributed by atoms with Crippen LogP contribution in [0.25, 0.3) is 12.2 Å². The minimum atomic E-state index is -0.487. The van der Waals surface area contributed by atoms with E-state index in [-0.39, 0.29) is 17.1 Å². The van der Waals surface area contributed by atoms with Crippen molar-refractivity contribution in [3.05, 3.63) is 44.0 Å². The van der Waals surface area contributed by atoms with E-state index in [2.05, 4.69) is 5.16 Å². The lowest BCUT2D eigenvalue weighted by Gasteiger charge is -1.87. The predicted octanol–water partition coefficient (Wildman–Crippen LogP) is 3.12. The van der Waals surface area contributed by atoms with Gasteiger partial charge in [-0.25, -0.2) is 0 Å². The molecule has 2 aromatic rings. The van der Waals surface area contributed by atoms with E-state index in [0.29, 0.717) is 0 Å². The van der Waals surface area contributed by atoms with Gasteiger partial charge in [-0.1, -0.05) is 11.2 Å². The van der Waals surface area contributed by atoms with E-state index in [1.54, 1.807) is 23.5 Å². The van der Waals surface area contributed by atoms with Crippen molar-refractivity contribution in [2.24, 2.45) is 0 Å². The van der Waals surface area contributed by atoms with E-state index >= 15 is 0 Å². The summed E-state index contributed by atoms with van der Waals surface area (Å²) in [5.74, 6) is 0.218. The summed E-state index contributed by atoms with van der Waals surface area (Å²) in [7, 11) is 0. The minimum absolute atomic E-state index is 0.0773. The van der Waals surface area contributed by atoms with Gasteiger partial charge in [0.15, 0.2) is 5.69 Å². The van der Waals surface area contributed by atoms with Crippen LogP contribution in [0.2, 0.25) is 0 Å². The molecule has 2 heterocycles. The highest BCUT2D eigenvalue weighted by Crippen LogP contribution is 2.24. The molecule has 0 atom stereocenters. The van der Waals surface area contributed by atoms with Gasteiger partial charge in [0.25, 0.3) is 0 Å². The molecule has 0 fully saturated rings. The van der Waals surface area contributed by atoms with Crippen LogP contribution in [-0.2, 0) is 0 Å². The summed E-state index contributed by atoms with van der Waals surface area (Å²) >= 11 is 1.56. The van der Waals surface area contributed by atoms with E-state index in [9.17, 15) is 10.1 Å². The predicted molar refractivity (Wildman–Crippen MR) is 61.1 cm³/mol. The fraction of sp³-hybridized carbons (Fsp3) is 0.100. The molecule has 0 radical (unpaired) electrons. The molecule has 0 unspecified atom stereocenters. The molecule has 0 aromatic carbocycles. The number of aromatic nitrogens is 1. The monoisotopic (exact) mass is 236 g/mol. The van der Waals surface area contributed by atoms with Gasteiger partial charge in [-0.2, -0.15) is 11.3 Å². The van der Waals surface area contributed by atoms with Gasteiger partial charge in [0.1, 0.15) is 0 Å². The van der Waals surface area contributed by atoms with Crippen LogP contribution in [0.3, 0.4) is 0 Å². The van der Waals surface area contributed by atoms with Gasteiger partial charge in [-0.15, -0.1) is 0 Å². The second kappa shape index (κ2) is 4.28. The van der Waals surface area contributed by atoms with Crippen molar-refractivity contribution < 1.29 is 9.45 Å². The molecule has 0 bridgehead atoms. The van der Waals surface area contributed by atoms with Gasteiger partial charge in [-0.05, 0) is 28.5 Å². The first-order chi connectivity index (χ1) is 7.68. The highest BCUT2D eigenvalue weighted by Gasteiger charge is 2.21. The van der Waals surface area contributed by atoms with Crippen LogP contribution in [0.5, 0.6) is 0 Å². The van der Waals surface area contributed by atoms with Crippen LogP contribution < -0.4 is 0 Å². The Morgan fingerprint density at radius 2 is 2.38 bits per heavy atom. The van der Waals surface area contributed by atoms with Gasteiger partial charge in [0.05, 0.1) is 4.92 Å². The largest absolute Gasteiger partial charge is 0.354 e. The second-order valence-corrected chi connectivity index (χ2v) is 3.90. The zero-order valence-corrected chi connectivity index (χ0v) is 9.23. The van der Waals surface area contributed by atoms with Crippen LogP contribution in [0, 0.1) is 17.0 Å². The first-order valence-corrected chi connectivity index (χ1v) is 5.43. The average molecular weight is 236 g/mol. The van der Waals surface area contributed by atoms with Crippen LogP contribution >= 0.6 is 11.3 Å². The van der Waals surface area contributed by atoms with Gasteiger partial charge in [0.2, 0.25) is 5.76 Å². The Hall–Kier alpha value is -1.95. The number of nitrogens with zero attached hydrogens (tertiary/aromatic N) is 2. The summed E-state index contributed by atoms with van der Waals surface area (Å²) in [5, 5.41) is 18.2. The van der Waals surface area contributed by atoms with E-state index in [0.717, 1.165) is 5.56 Å². The van der Waals surface area contributed by atoms with Crippen molar-refractivity contribution in [1.82, 2.24) is 5.16 Å². The number of aryl methyl sites for hydroxylation is 1. The lowest BCUT2D eigenvalue weighted by Crippen LogP contribution is -1.90. The molecular weight excluding hydrogens is 228 g/mol. The van der Waals surface area contributed by atoms with Crippen LogP contribution in [0.4, 0.5) is 5.69 Å². The molecule has 0 N–H and O–H groups in total. The van der Waals surface area contributed by atoms with Crippen LogP contribution in [0.1, 0.15) is 17.0 Å². The molecule has 0 aliphatic heterocycles. The van der Waals surface area contributed by atoms with Crippen molar-refractivity contribution in [3.8, 4) is 0 Å². The first kappa shape index (κ1) is 10.6. The van der Waals surface area contributed by atoms with Gasteiger partial charge >= 0.3 is 5.69 Å². The molecule has 2 aromatic heterocycles. The summed E-state index contributed by atoms with van der Waals surface area (Å²) in [4.78, 5) is 10.3. The molecule has 16 heavy (non-hydrogen) atoms. The molecule has 6 heteroatoms. The van der Waals surface area contributed by atoms with E-state index in [1.807, 2.05) is 16.8 Å². The summed E-state index contributed by atoms with van der Waals surface area (Å²) in [6, 6.07) is 1.92. The molecule has 0 saturated carbocycles. The fourth-order valence-electron chi connectivity index (χ4n) is 1.26. The molecule has 0 saturated heterocycles. The molecule has 0 spiro atoms. The Morgan fingerprint density at radius 1 is 1.56 bits per heavy atom. The molecule has 82 valence electrons. The maximum atomic E-state index is 10.7. The summed E-state index contributed by atoms with van der Waals surface area (Å²) in [6.07, 6.45) is 3.34. The Labute approximate surface area is 95.2 Å². The second-order valence-electron chi connectivity index (χ2n) is 3.12. The summed E-state index contributed by atoms with van der Waals surface area (Å²) in [5.41, 5.74) is 1.15. The lowest BCUT2D eigenvalue weighted by atomic mass is 10.2. The number of rotatable bonds is 3. The van der Waals surface area contributed by atoms with Gasteiger partial charge in [0, 0.05) is 6.92 Å². The van der Waals surface area contributed by atoms with Crippen LogP contribution in [0.15, 0.2) is 21.3 Å². The molecule has 0 amide bonds. The summed E-state index contributed by atoms with van der Waals surface area (Å²) in [6.45, 7) is 1.52. The topological polar surface area (TPSA) is 69.2 Å². The third kappa shape index (κ3) is 2.01. The molecular formula is C10H8N2O3S. The lowest BCUT2D eigenvalue weighted by molar-refractivity contribution is -0.386. The molecule has 0 aliphatic rings. The molecule has 5 nitrogen and oxygen atoms in total. The average Bonchev–Trinajstić information content (AvgIpc) is 2.83. The SMILES string of the molecule is Cc1onc(/C=C/c2ccsc2)c1[N+](=O)[O-]. The number of hydrogen-bond donors (Lipinski definition) is 0. The Morgan fingerprint density at radius 3 is 3.00 bits per heavy atom. The van der Waals surface area contributed by atoms with E-state index < -0.39 is 4.92 Å². The van der Waals surface area contributed by atoms with Crippen molar-refractivity contribution in [2.45, 2.75) is 6.92 Å². The van der Waals surface area contributed by atoms with Crippen molar-refractivity contribution in [2.75, 3.05) is 0 Å². The maximum absolute atomic E-state index is 10.7. The quantitative estimate of drug-likeness (QED) is 0.606. The fourth-order valence-corrected chi connectivity index (χ4v) is 1.89. The van der Waals surface area contributed by atoms with E-state index in [1.165, 1.54) is 6.92 Å². The Bertz CT molecular complexity index is 528.